The number of nitrogens with zero attached hydrogens (tertiary/aromatic N) is 3. The molecule has 3 heterocycles. The van der Waals surface area contributed by atoms with Crippen molar-refractivity contribution in [2.75, 3.05) is 40.5 Å². The highest BCUT2D eigenvalue weighted by Gasteiger charge is 2.41. The zero-order valence-corrected chi connectivity index (χ0v) is 15.0. The average Bonchev–Trinajstić information content (AvgIpc) is 3.03. The first-order chi connectivity index (χ1) is 12.1. The van der Waals surface area contributed by atoms with Gasteiger partial charge in [-0.3, -0.25) is 4.79 Å². The zero-order chi connectivity index (χ0) is 17.7. The summed E-state index contributed by atoms with van der Waals surface area (Å²) in [4.78, 5) is 18.2. The summed E-state index contributed by atoms with van der Waals surface area (Å²) >= 11 is 0. The number of hydrogen-bond acceptors (Lipinski definition) is 7. The summed E-state index contributed by atoms with van der Waals surface area (Å²) in [6.07, 6.45) is 4.53. The quantitative estimate of drug-likeness (QED) is 0.759. The fourth-order valence-corrected chi connectivity index (χ4v) is 3.84. The molecule has 1 unspecified atom stereocenters. The molecule has 8 nitrogen and oxygen atoms in total. The SMILES string of the molecule is COCC(=O)N1CCC2(CC1)CC(Cc1noc(COC)n1)CCO2. The van der Waals surface area contributed by atoms with Crippen LogP contribution in [0.15, 0.2) is 4.52 Å². The third-order valence-electron chi connectivity index (χ3n) is 5.14. The predicted molar refractivity (Wildman–Crippen MR) is 87.8 cm³/mol. The van der Waals surface area contributed by atoms with Gasteiger partial charge in [0, 0.05) is 40.3 Å². The number of aromatic nitrogens is 2. The summed E-state index contributed by atoms with van der Waals surface area (Å²) in [5, 5.41) is 4.04. The molecular weight excluding hydrogens is 326 g/mol. The third-order valence-corrected chi connectivity index (χ3v) is 5.14. The maximum Gasteiger partial charge on any atom is 0.252 e. The van der Waals surface area contributed by atoms with Gasteiger partial charge in [0.1, 0.15) is 13.2 Å². The van der Waals surface area contributed by atoms with Crippen molar-refractivity contribution < 1.29 is 23.5 Å². The number of likely N-dealkylation sites (tertiary alicyclic amines) is 1. The number of carbonyl (C=O) groups is 1. The van der Waals surface area contributed by atoms with E-state index in [0.29, 0.717) is 18.4 Å². The summed E-state index contributed by atoms with van der Waals surface area (Å²) in [7, 11) is 3.16. The minimum atomic E-state index is -0.119. The van der Waals surface area contributed by atoms with E-state index < -0.39 is 0 Å². The van der Waals surface area contributed by atoms with Crippen LogP contribution in [0.4, 0.5) is 0 Å². The predicted octanol–water partition coefficient (Wildman–Crippen LogP) is 1.19. The van der Waals surface area contributed by atoms with E-state index in [1.807, 2.05) is 4.90 Å². The lowest BCUT2D eigenvalue weighted by Crippen LogP contribution is -2.51. The standard InChI is InChI=1S/C17H27N3O5/c1-22-11-15-18-14(19-25-15)9-13-3-8-24-17(10-13)4-6-20(7-5-17)16(21)12-23-2/h13H,3-12H2,1-2H3. The lowest BCUT2D eigenvalue weighted by Gasteiger charge is -2.46. The lowest BCUT2D eigenvalue weighted by molar-refractivity contribution is -0.150. The minimum absolute atomic E-state index is 0.0576. The van der Waals surface area contributed by atoms with Gasteiger partial charge < -0.3 is 23.6 Å². The summed E-state index contributed by atoms with van der Waals surface area (Å²) in [6.45, 7) is 2.71. The van der Waals surface area contributed by atoms with Crippen LogP contribution in [0.3, 0.4) is 0 Å². The fourth-order valence-electron chi connectivity index (χ4n) is 3.84. The highest BCUT2D eigenvalue weighted by atomic mass is 16.5. The van der Waals surface area contributed by atoms with Crippen molar-refractivity contribution in [2.24, 2.45) is 5.92 Å². The van der Waals surface area contributed by atoms with E-state index in [1.165, 1.54) is 0 Å². The smallest absolute Gasteiger partial charge is 0.252 e. The molecule has 0 radical (unpaired) electrons. The van der Waals surface area contributed by atoms with Gasteiger partial charge in [0.25, 0.3) is 5.89 Å². The molecule has 3 rings (SSSR count). The molecule has 0 bridgehead atoms. The molecule has 0 aromatic carbocycles. The lowest BCUT2D eigenvalue weighted by atomic mass is 9.78. The van der Waals surface area contributed by atoms with Crippen LogP contribution in [0, 0.1) is 5.92 Å². The van der Waals surface area contributed by atoms with Crippen molar-refractivity contribution in [3.63, 3.8) is 0 Å². The van der Waals surface area contributed by atoms with Gasteiger partial charge in [-0.05, 0) is 31.6 Å². The number of hydrogen-bond donors (Lipinski definition) is 0. The summed E-state index contributed by atoms with van der Waals surface area (Å²) in [6, 6.07) is 0. The molecular formula is C17H27N3O5. The Bertz CT molecular complexity index is 568. The Morgan fingerprint density at radius 2 is 2.12 bits per heavy atom. The molecule has 0 saturated carbocycles. The maximum absolute atomic E-state index is 12.0. The van der Waals surface area contributed by atoms with Crippen molar-refractivity contribution >= 4 is 5.91 Å². The molecule has 2 aliphatic heterocycles. The molecule has 2 saturated heterocycles. The van der Waals surface area contributed by atoms with E-state index in [4.69, 9.17) is 18.7 Å². The van der Waals surface area contributed by atoms with Crippen molar-refractivity contribution in [1.82, 2.24) is 15.0 Å². The Morgan fingerprint density at radius 1 is 1.32 bits per heavy atom. The molecule has 1 atom stereocenters. The van der Waals surface area contributed by atoms with Crippen molar-refractivity contribution in [3.8, 4) is 0 Å². The Labute approximate surface area is 147 Å². The number of piperidine rings is 1. The molecule has 2 fully saturated rings. The average molecular weight is 353 g/mol. The van der Waals surface area contributed by atoms with E-state index in [0.717, 1.165) is 57.6 Å². The Kier molecular flexibility index (Phi) is 6.03. The van der Waals surface area contributed by atoms with Crippen LogP contribution in [0.5, 0.6) is 0 Å². The molecule has 2 aliphatic rings. The van der Waals surface area contributed by atoms with Gasteiger partial charge in [0.15, 0.2) is 5.82 Å². The first-order valence-electron chi connectivity index (χ1n) is 8.85. The monoisotopic (exact) mass is 353 g/mol. The maximum atomic E-state index is 12.0. The highest BCUT2D eigenvalue weighted by Crippen LogP contribution is 2.38. The second kappa shape index (κ2) is 8.25. The molecule has 25 heavy (non-hydrogen) atoms. The molecule has 0 N–H and O–H groups in total. The Morgan fingerprint density at radius 3 is 2.84 bits per heavy atom. The summed E-state index contributed by atoms with van der Waals surface area (Å²) in [5.74, 6) is 1.79. The molecule has 1 aromatic rings. The van der Waals surface area contributed by atoms with E-state index in [1.54, 1.807) is 14.2 Å². The molecule has 1 amide bonds. The molecule has 8 heteroatoms. The summed E-state index contributed by atoms with van der Waals surface area (Å²) in [5.41, 5.74) is -0.119. The van der Waals surface area contributed by atoms with Crippen LogP contribution < -0.4 is 0 Å². The van der Waals surface area contributed by atoms with E-state index in [-0.39, 0.29) is 18.1 Å². The molecule has 0 aliphatic carbocycles. The fraction of sp³-hybridized carbons (Fsp3) is 0.824. The highest BCUT2D eigenvalue weighted by molar-refractivity contribution is 5.77. The van der Waals surface area contributed by atoms with Crippen LogP contribution >= 0.6 is 0 Å². The third kappa shape index (κ3) is 4.56. The van der Waals surface area contributed by atoms with Crippen LogP contribution in [0.1, 0.15) is 37.4 Å². The zero-order valence-electron chi connectivity index (χ0n) is 15.0. The van der Waals surface area contributed by atoms with Gasteiger partial charge in [-0.15, -0.1) is 0 Å². The molecule has 1 spiro atoms. The number of rotatable bonds is 6. The topological polar surface area (TPSA) is 86.9 Å². The minimum Gasteiger partial charge on any atom is -0.375 e. The number of methoxy groups -OCH3 is 2. The van der Waals surface area contributed by atoms with Crippen molar-refractivity contribution in [3.05, 3.63) is 11.7 Å². The Hall–Kier alpha value is -1.51. The van der Waals surface area contributed by atoms with Gasteiger partial charge in [-0.25, -0.2) is 0 Å². The van der Waals surface area contributed by atoms with Crippen LogP contribution in [0.25, 0.3) is 0 Å². The number of ether oxygens (including phenoxy) is 3. The van der Waals surface area contributed by atoms with Crippen molar-refractivity contribution in [1.29, 1.82) is 0 Å². The second-order valence-corrected chi connectivity index (χ2v) is 6.95. The summed E-state index contributed by atoms with van der Waals surface area (Å²) < 4.78 is 21.3. The number of amides is 1. The van der Waals surface area contributed by atoms with Gasteiger partial charge in [0.05, 0.1) is 5.60 Å². The van der Waals surface area contributed by atoms with Gasteiger partial charge in [0.2, 0.25) is 5.91 Å². The van der Waals surface area contributed by atoms with Gasteiger partial charge in [-0.2, -0.15) is 4.98 Å². The van der Waals surface area contributed by atoms with E-state index in [2.05, 4.69) is 10.1 Å². The van der Waals surface area contributed by atoms with E-state index in [9.17, 15) is 4.79 Å². The van der Waals surface area contributed by atoms with Crippen LogP contribution in [0.2, 0.25) is 0 Å². The van der Waals surface area contributed by atoms with Crippen LogP contribution in [-0.2, 0) is 32.0 Å². The number of carbonyl (C=O) groups excluding carboxylic acids is 1. The van der Waals surface area contributed by atoms with Gasteiger partial charge in [-0.1, -0.05) is 5.16 Å². The molecule has 1 aromatic heterocycles. The second-order valence-electron chi connectivity index (χ2n) is 6.95. The van der Waals surface area contributed by atoms with Crippen LogP contribution in [-0.4, -0.2) is 67.1 Å². The molecule has 140 valence electrons. The van der Waals surface area contributed by atoms with Crippen molar-refractivity contribution in [2.45, 2.75) is 44.3 Å². The normalized spacial score (nSPS) is 23.1. The Balaban J connectivity index is 1.53. The first-order valence-corrected chi connectivity index (χ1v) is 8.85. The largest absolute Gasteiger partial charge is 0.375 e. The van der Waals surface area contributed by atoms with Gasteiger partial charge >= 0.3 is 0 Å². The van der Waals surface area contributed by atoms with E-state index >= 15 is 0 Å². The first kappa shape index (κ1) is 18.3.